The molecule has 0 fully saturated rings. The molecule has 0 aliphatic heterocycles. The molecular weight excluding hydrogens is 341 g/mol. The van der Waals surface area contributed by atoms with Crippen LogP contribution in [-0.4, -0.2) is 23.7 Å². The van der Waals surface area contributed by atoms with Gasteiger partial charge < -0.3 is 10.1 Å². The zero-order valence-corrected chi connectivity index (χ0v) is 12.9. The van der Waals surface area contributed by atoms with Crippen LogP contribution >= 0.6 is 11.3 Å². The van der Waals surface area contributed by atoms with Gasteiger partial charge in [-0.2, -0.15) is 13.2 Å². The summed E-state index contributed by atoms with van der Waals surface area (Å²) in [6.07, 6.45) is -4.41. The maximum absolute atomic E-state index is 12.3. The van der Waals surface area contributed by atoms with Gasteiger partial charge in [0.2, 0.25) is 0 Å². The number of hydrogen-bond donors (Lipinski definition) is 1. The molecule has 0 spiro atoms. The van der Waals surface area contributed by atoms with Crippen LogP contribution < -0.4 is 10.1 Å². The molecule has 0 bridgehead atoms. The van der Waals surface area contributed by atoms with E-state index in [4.69, 9.17) is 0 Å². The maximum atomic E-state index is 12.3. The number of anilines is 1. The highest BCUT2D eigenvalue weighted by Gasteiger charge is 2.28. The van der Waals surface area contributed by atoms with Crippen molar-refractivity contribution >= 4 is 33.1 Å². The van der Waals surface area contributed by atoms with E-state index in [2.05, 4.69) is 15.0 Å². The zero-order chi connectivity index (χ0) is 17.2. The Kier molecular flexibility index (Phi) is 4.39. The van der Waals surface area contributed by atoms with Crippen molar-refractivity contribution in [2.45, 2.75) is 6.18 Å². The Bertz CT molecular complexity index is 877. The summed E-state index contributed by atoms with van der Waals surface area (Å²) in [5, 5.41) is 2.64. The van der Waals surface area contributed by atoms with Crippen LogP contribution in [0.15, 0.2) is 48.0 Å². The van der Waals surface area contributed by atoms with Crippen LogP contribution in [-0.2, 0) is 0 Å². The van der Waals surface area contributed by atoms with E-state index in [1.54, 1.807) is 29.8 Å². The summed E-state index contributed by atoms with van der Waals surface area (Å²) in [7, 11) is 0. The molecule has 4 nitrogen and oxygen atoms in total. The number of alkyl halides is 3. The minimum absolute atomic E-state index is 0.0306. The monoisotopic (exact) mass is 352 g/mol. The van der Waals surface area contributed by atoms with Crippen molar-refractivity contribution < 1.29 is 22.7 Å². The van der Waals surface area contributed by atoms with Gasteiger partial charge in [0.05, 0.1) is 15.7 Å². The summed E-state index contributed by atoms with van der Waals surface area (Å²) in [4.78, 5) is 16.4. The summed E-state index contributed by atoms with van der Waals surface area (Å²) in [5.41, 5.74) is 3.28. The number of nitrogens with zero attached hydrogens (tertiary/aromatic N) is 1. The second-order valence-corrected chi connectivity index (χ2v) is 5.81. The molecule has 1 aromatic heterocycles. The van der Waals surface area contributed by atoms with Crippen LogP contribution in [0.2, 0.25) is 0 Å². The van der Waals surface area contributed by atoms with E-state index in [-0.39, 0.29) is 11.7 Å². The van der Waals surface area contributed by atoms with Gasteiger partial charge in [-0.25, -0.2) is 4.98 Å². The Morgan fingerprint density at radius 3 is 2.83 bits per heavy atom. The van der Waals surface area contributed by atoms with Crippen molar-refractivity contribution in [3.8, 4) is 5.75 Å². The number of benzene rings is 2. The molecule has 24 heavy (non-hydrogen) atoms. The molecule has 1 heterocycles. The topological polar surface area (TPSA) is 51.2 Å². The summed E-state index contributed by atoms with van der Waals surface area (Å²) in [6, 6.07) is 10.9. The van der Waals surface area contributed by atoms with Crippen molar-refractivity contribution in [1.29, 1.82) is 0 Å². The first-order valence-corrected chi connectivity index (χ1v) is 7.73. The summed E-state index contributed by atoms with van der Waals surface area (Å²) < 4.78 is 42.1. The van der Waals surface area contributed by atoms with Crippen molar-refractivity contribution in [3.63, 3.8) is 0 Å². The molecule has 0 radical (unpaired) electrons. The van der Waals surface area contributed by atoms with Crippen molar-refractivity contribution in [1.82, 2.24) is 4.98 Å². The number of aromatic nitrogens is 1. The van der Waals surface area contributed by atoms with Gasteiger partial charge in [-0.05, 0) is 30.3 Å². The van der Waals surface area contributed by atoms with E-state index in [1.807, 2.05) is 0 Å². The number of amides is 1. The lowest BCUT2D eigenvalue weighted by Crippen LogP contribution is -2.19. The minimum Gasteiger partial charge on any atom is -0.484 e. The second-order valence-electron chi connectivity index (χ2n) is 4.92. The van der Waals surface area contributed by atoms with Crippen LogP contribution in [0, 0.1) is 0 Å². The average Bonchev–Trinajstić information content (AvgIpc) is 3.00. The van der Waals surface area contributed by atoms with Gasteiger partial charge in [0, 0.05) is 17.3 Å². The fraction of sp³-hybridized carbons (Fsp3) is 0.125. The van der Waals surface area contributed by atoms with E-state index >= 15 is 0 Å². The number of thiazole rings is 1. The van der Waals surface area contributed by atoms with Gasteiger partial charge in [-0.3, -0.25) is 4.79 Å². The lowest BCUT2D eigenvalue weighted by atomic mass is 10.2. The third-order valence-electron chi connectivity index (χ3n) is 3.09. The molecule has 0 aliphatic rings. The Balaban J connectivity index is 1.71. The molecule has 0 atom stereocenters. The van der Waals surface area contributed by atoms with Crippen LogP contribution in [0.25, 0.3) is 10.2 Å². The molecule has 0 saturated carbocycles. The number of carbonyl (C=O) groups excluding carboxylic acids is 1. The number of halogens is 3. The lowest BCUT2D eigenvalue weighted by Gasteiger charge is -2.11. The molecular formula is C16H11F3N2O2S. The van der Waals surface area contributed by atoms with Gasteiger partial charge >= 0.3 is 6.18 Å². The fourth-order valence-electron chi connectivity index (χ4n) is 2.03. The first-order chi connectivity index (χ1) is 11.4. The van der Waals surface area contributed by atoms with Crippen LogP contribution in [0.3, 0.4) is 0 Å². The Morgan fingerprint density at radius 1 is 1.21 bits per heavy atom. The van der Waals surface area contributed by atoms with Crippen molar-refractivity contribution in [2.75, 3.05) is 11.9 Å². The Morgan fingerprint density at radius 2 is 2.04 bits per heavy atom. The number of ether oxygens (including phenoxy) is 1. The molecule has 124 valence electrons. The smallest absolute Gasteiger partial charge is 0.422 e. The van der Waals surface area contributed by atoms with Gasteiger partial charge in [-0.15, -0.1) is 11.3 Å². The highest BCUT2D eigenvalue weighted by molar-refractivity contribution is 7.16. The number of fused-ring (bicyclic) bond motifs is 1. The van der Waals surface area contributed by atoms with E-state index < -0.39 is 12.8 Å². The summed E-state index contributed by atoms with van der Waals surface area (Å²) >= 11 is 1.42. The third kappa shape index (κ3) is 4.02. The molecule has 2 aromatic carbocycles. The highest BCUT2D eigenvalue weighted by Crippen LogP contribution is 2.23. The normalized spacial score (nSPS) is 11.5. The van der Waals surface area contributed by atoms with Gasteiger partial charge in [0.25, 0.3) is 5.91 Å². The highest BCUT2D eigenvalue weighted by atomic mass is 32.1. The summed E-state index contributed by atoms with van der Waals surface area (Å²) in [5.74, 6) is -0.332. The molecule has 0 saturated heterocycles. The molecule has 1 N–H and O–H groups in total. The molecule has 8 heteroatoms. The van der Waals surface area contributed by atoms with E-state index in [9.17, 15) is 18.0 Å². The number of rotatable bonds is 4. The molecule has 1 amide bonds. The fourth-order valence-corrected chi connectivity index (χ4v) is 2.74. The lowest BCUT2D eigenvalue weighted by molar-refractivity contribution is -0.153. The Hall–Kier alpha value is -2.61. The summed E-state index contributed by atoms with van der Waals surface area (Å²) in [6.45, 7) is -1.38. The first kappa shape index (κ1) is 16.3. The molecule has 0 unspecified atom stereocenters. The Labute approximate surface area is 138 Å². The second kappa shape index (κ2) is 6.48. The third-order valence-corrected chi connectivity index (χ3v) is 3.88. The van der Waals surface area contributed by atoms with Gasteiger partial charge in [-0.1, -0.05) is 6.07 Å². The standard InChI is InChI=1S/C16H11F3N2O2S/c17-16(18,19)8-23-12-3-1-2-11(7-12)21-15(22)10-4-5-13-14(6-10)24-9-20-13/h1-7,9H,8H2,(H,21,22). The largest absolute Gasteiger partial charge is 0.484 e. The maximum Gasteiger partial charge on any atom is 0.422 e. The number of carbonyl (C=O) groups is 1. The van der Waals surface area contributed by atoms with Crippen LogP contribution in [0.1, 0.15) is 10.4 Å². The predicted molar refractivity (Wildman–Crippen MR) is 85.6 cm³/mol. The predicted octanol–water partition coefficient (Wildman–Crippen LogP) is 4.49. The average molecular weight is 352 g/mol. The van der Waals surface area contributed by atoms with Gasteiger partial charge in [0.15, 0.2) is 6.61 Å². The van der Waals surface area contributed by atoms with Crippen LogP contribution in [0.4, 0.5) is 18.9 Å². The minimum atomic E-state index is -4.41. The van der Waals surface area contributed by atoms with Crippen LogP contribution in [0.5, 0.6) is 5.75 Å². The quantitative estimate of drug-likeness (QED) is 0.753. The van der Waals surface area contributed by atoms with Gasteiger partial charge in [0.1, 0.15) is 5.75 Å². The number of hydrogen-bond acceptors (Lipinski definition) is 4. The first-order valence-electron chi connectivity index (χ1n) is 6.85. The van der Waals surface area contributed by atoms with Crippen molar-refractivity contribution in [2.24, 2.45) is 0 Å². The van der Waals surface area contributed by atoms with E-state index in [1.165, 1.54) is 29.5 Å². The molecule has 3 aromatic rings. The molecule has 0 aliphatic carbocycles. The van der Waals surface area contributed by atoms with Crippen molar-refractivity contribution in [3.05, 3.63) is 53.5 Å². The SMILES string of the molecule is O=C(Nc1cccc(OCC(F)(F)F)c1)c1ccc2ncsc2c1. The van der Waals surface area contributed by atoms with E-state index in [0.717, 1.165) is 10.2 Å². The number of nitrogens with one attached hydrogen (secondary N) is 1. The van der Waals surface area contributed by atoms with E-state index in [0.29, 0.717) is 11.3 Å². The molecule has 3 rings (SSSR count). The zero-order valence-electron chi connectivity index (χ0n) is 12.1.